The van der Waals surface area contributed by atoms with Gasteiger partial charge in [-0.05, 0) is 81.2 Å². The Hall–Kier alpha value is -3.39. The van der Waals surface area contributed by atoms with Gasteiger partial charge in [-0.15, -0.1) is 0 Å². The van der Waals surface area contributed by atoms with Gasteiger partial charge in [0, 0.05) is 13.1 Å². The van der Waals surface area contributed by atoms with Gasteiger partial charge in [-0.25, -0.2) is 21.2 Å². The summed E-state index contributed by atoms with van der Waals surface area (Å²) in [4.78, 5) is 24.6. The molecule has 42 heavy (non-hydrogen) atoms. The molecule has 0 amide bonds. The topological polar surface area (TPSA) is 127 Å². The summed E-state index contributed by atoms with van der Waals surface area (Å²) in [7, 11) is -8.45. The largest absolute Gasteiger partial charge is 0.465 e. The van der Waals surface area contributed by atoms with E-state index in [9.17, 15) is 30.8 Å². The molecule has 0 saturated carbocycles. The highest BCUT2D eigenvalue weighted by atomic mass is 32.2. The van der Waals surface area contributed by atoms with Crippen molar-refractivity contribution in [2.24, 2.45) is 0 Å². The lowest BCUT2D eigenvalue weighted by Gasteiger charge is -2.28. The van der Waals surface area contributed by atoms with Gasteiger partial charge in [0.15, 0.2) is 0 Å². The minimum Gasteiger partial charge on any atom is -0.465 e. The highest BCUT2D eigenvalue weighted by Gasteiger charge is 2.32. The Morgan fingerprint density at radius 2 is 1.10 bits per heavy atom. The third-order valence-corrected chi connectivity index (χ3v) is 10.00. The molecule has 0 heterocycles. The number of sulfonamides is 2. The molecule has 0 bridgehead atoms. The Bertz CT molecular complexity index is 1420. The number of benzene rings is 2. The molecule has 2 aromatic carbocycles. The maximum atomic E-state index is 13.6. The van der Waals surface area contributed by atoms with Crippen LogP contribution in [0.4, 0.5) is 4.39 Å². The van der Waals surface area contributed by atoms with Crippen LogP contribution in [-0.4, -0.2) is 76.8 Å². The Morgan fingerprint density at radius 3 is 1.48 bits per heavy atom. The lowest BCUT2D eigenvalue weighted by atomic mass is 9.97. The number of ether oxygens (including phenoxy) is 2. The predicted molar refractivity (Wildman–Crippen MR) is 154 cm³/mol. The van der Waals surface area contributed by atoms with Crippen molar-refractivity contribution in [3.8, 4) is 0 Å². The molecular weight excluding hydrogens is 587 g/mol. The molecule has 1 aliphatic rings. The van der Waals surface area contributed by atoms with Gasteiger partial charge < -0.3 is 9.47 Å². The van der Waals surface area contributed by atoms with Gasteiger partial charge in [0.05, 0.1) is 23.0 Å². The standard InChI is InChI=1S/C29H35FN2O8S2/c1-4-39-28(33)20-31(41(35,36)26-14-10-22(3)11-15-26)18-23-8-6-7-9-24(23)19-32(21-29(34)40-5-2)42(37,38)27-16-12-25(30)13-17-27/h8-17H,4-7,18-21H2,1-3H3. The summed E-state index contributed by atoms with van der Waals surface area (Å²) in [5.74, 6) is -2.14. The van der Waals surface area contributed by atoms with Crippen molar-refractivity contribution in [1.82, 2.24) is 8.61 Å². The fraction of sp³-hybridized carbons (Fsp3) is 0.379. The highest BCUT2D eigenvalue weighted by Crippen LogP contribution is 2.27. The number of nitrogens with zero attached hydrogens (tertiary/aromatic N) is 2. The first kappa shape index (κ1) is 33.1. The number of hydrogen-bond acceptors (Lipinski definition) is 8. The Morgan fingerprint density at radius 1 is 0.714 bits per heavy atom. The molecule has 0 saturated heterocycles. The van der Waals surface area contributed by atoms with Gasteiger partial charge in [-0.2, -0.15) is 8.61 Å². The molecule has 0 spiro atoms. The van der Waals surface area contributed by atoms with E-state index in [2.05, 4.69) is 0 Å². The van der Waals surface area contributed by atoms with Crippen molar-refractivity contribution in [3.05, 3.63) is 83.2 Å². The number of carbonyl (C=O) groups is 2. The molecule has 1 aliphatic carbocycles. The second kappa shape index (κ2) is 14.7. The monoisotopic (exact) mass is 622 g/mol. The van der Waals surface area contributed by atoms with E-state index in [1.54, 1.807) is 38.1 Å². The van der Waals surface area contributed by atoms with E-state index in [0.29, 0.717) is 24.0 Å². The van der Waals surface area contributed by atoms with Gasteiger partial charge in [-0.3, -0.25) is 9.59 Å². The second-order valence-corrected chi connectivity index (χ2v) is 13.3. The van der Waals surface area contributed by atoms with Crippen LogP contribution < -0.4 is 0 Å². The number of carbonyl (C=O) groups excluding carboxylic acids is 2. The molecular formula is C29H35FN2O8S2. The van der Waals surface area contributed by atoms with Gasteiger partial charge in [0.1, 0.15) is 18.9 Å². The summed E-state index contributed by atoms with van der Waals surface area (Å²) in [5, 5.41) is 0. The molecule has 0 atom stereocenters. The van der Waals surface area contributed by atoms with Crippen LogP contribution in [0.15, 0.2) is 81.6 Å². The number of allylic oxidation sites excluding steroid dienone is 2. The smallest absolute Gasteiger partial charge is 0.321 e. The zero-order chi connectivity index (χ0) is 30.9. The predicted octanol–water partition coefficient (Wildman–Crippen LogP) is 3.59. The summed E-state index contributed by atoms with van der Waals surface area (Å²) in [5.41, 5.74) is 1.80. The number of halogens is 1. The number of esters is 2. The zero-order valence-corrected chi connectivity index (χ0v) is 25.4. The van der Waals surface area contributed by atoms with Crippen LogP contribution in [0.5, 0.6) is 0 Å². The average molecular weight is 623 g/mol. The Labute approximate surface area is 246 Å². The summed E-state index contributed by atoms with van der Waals surface area (Å²) in [6, 6.07) is 10.4. The minimum atomic E-state index is -4.29. The van der Waals surface area contributed by atoms with E-state index in [4.69, 9.17) is 9.47 Å². The van der Waals surface area contributed by atoms with Crippen LogP contribution in [0.1, 0.15) is 32.3 Å². The van der Waals surface area contributed by atoms with Crippen LogP contribution in [0, 0.1) is 12.7 Å². The lowest BCUT2D eigenvalue weighted by molar-refractivity contribution is -0.144. The first-order chi connectivity index (χ1) is 19.9. The first-order valence-corrected chi connectivity index (χ1v) is 16.3. The molecule has 0 N–H and O–H groups in total. The average Bonchev–Trinajstić information content (AvgIpc) is 2.94. The van der Waals surface area contributed by atoms with Crippen molar-refractivity contribution >= 4 is 32.0 Å². The van der Waals surface area contributed by atoms with E-state index < -0.39 is 50.9 Å². The quantitative estimate of drug-likeness (QED) is 0.293. The van der Waals surface area contributed by atoms with E-state index in [1.807, 2.05) is 6.92 Å². The van der Waals surface area contributed by atoms with E-state index in [-0.39, 0.29) is 36.1 Å². The van der Waals surface area contributed by atoms with E-state index >= 15 is 0 Å². The molecule has 0 radical (unpaired) electrons. The molecule has 10 nitrogen and oxygen atoms in total. The van der Waals surface area contributed by atoms with Gasteiger partial charge in [0.2, 0.25) is 20.0 Å². The van der Waals surface area contributed by atoms with Crippen molar-refractivity contribution in [2.75, 3.05) is 39.4 Å². The van der Waals surface area contributed by atoms with Gasteiger partial charge in [-0.1, -0.05) is 29.8 Å². The summed E-state index contributed by atoms with van der Waals surface area (Å²) < 4.78 is 79.9. The molecule has 3 rings (SSSR count). The molecule has 228 valence electrons. The summed E-state index contributed by atoms with van der Waals surface area (Å²) in [6.45, 7) is 3.41. The van der Waals surface area contributed by atoms with Crippen molar-refractivity contribution in [1.29, 1.82) is 0 Å². The van der Waals surface area contributed by atoms with Crippen LogP contribution in [0.2, 0.25) is 0 Å². The molecule has 0 fully saturated rings. The van der Waals surface area contributed by atoms with Crippen LogP contribution in [-0.2, 0) is 39.1 Å². The summed E-state index contributed by atoms with van der Waals surface area (Å²) >= 11 is 0. The van der Waals surface area contributed by atoms with Crippen LogP contribution >= 0.6 is 0 Å². The Balaban J connectivity index is 1.97. The third-order valence-electron chi connectivity index (χ3n) is 6.39. The molecule has 13 heteroatoms. The molecule has 0 aromatic heterocycles. The Kier molecular flexibility index (Phi) is 11.6. The summed E-state index contributed by atoms with van der Waals surface area (Å²) in [6.07, 6.45) is 4.66. The van der Waals surface area contributed by atoms with Gasteiger partial charge >= 0.3 is 11.9 Å². The third kappa shape index (κ3) is 8.57. The lowest BCUT2D eigenvalue weighted by Crippen LogP contribution is -2.40. The molecule has 0 aliphatic heterocycles. The van der Waals surface area contributed by atoms with Crippen molar-refractivity contribution in [2.45, 2.75) is 43.4 Å². The first-order valence-electron chi connectivity index (χ1n) is 13.4. The SMILES string of the molecule is CCOC(=O)CN(CC1=CCCC=C1CN(CC(=O)OCC)S(=O)(=O)c1ccc(F)cc1)S(=O)(=O)c1ccc(C)cc1. The van der Waals surface area contributed by atoms with Crippen LogP contribution in [0.25, 0.3) is 0 Å². The highest BCUT2D eigenvalue weighted by molar-refractivity contribution is 7.89. The van der Waals surface area contributed by atoms with Crippen molar-refractivity contribution in [3.63, 3.8) is 0 Å². The van der Waals surface area contributed by atoms with E-state index in [0.717, 1.165) is 38.4 Å². The molecule has 2 aromatic rings. The number of hydrogen-bond donors (Lipinski definition) is 0. The van der Waals surface area contributed by atoms with Gasteiger partial charge in [0.25, 0.3) is 0 Å². The maximum absolute atomic E-state index is 13.6. The maximum Gasteiger partial charge on any atom is 0.321 e. The van der Waals surface area contributed by atoms with E-state index in [1.165, 1.54) is 12.1 Å². The molecule has 0 unspecified atom stereocenters. The minimum absolute atomic E-state index is 0.0119. The van der Waals surface area contributed by atoms with Crippen LogP contribution in [0.3, 0.4) is 0 Å². The zero-order valence-electron chi connectivity index (χ0n) is 23.8. The number of rotatable bonds is 14. The fourth-order valence-corrected chi connectivity index (χ4v) is 6.98. The number of aryl methyl sites for hydroxylation is 1. The van der Waals surface area contributed by atoms with Crippen molar-refractivity contribution < 1.29 is 40.3 Å². The fourth-order valence-electron chi connectivity index (χ4n) is 4.26. The normalized spacial score (nSPS) is 14.0. The second-order valence-electron chi connectivity index (χ2n) is 9.46.